The van der Waals surface area contributed by atoms with E-state index in [1.165, 1.54) is 4.70 Å². The molecule has 0 saturated carbocycles. The van der Waals surface area contributed by atoms with E-state index in [-0.39, 0.29) is 12.1 Å². The van der Waals surface area contributed by atoms with Gasteiger partial charge in [-0.15, -0.1) is 11.3 Å². The van der Waals surface area contributed by atoms with E-state index in [1.54, 1.807) is 11.3 Å². The van der Waals surface area contributed by atoms with Gasteiger partial charge in [-0.2, -0.15) is 0 Å². The monoisotopic (exact) mass is 353 g/mol. The van der Waals surface area contributed by atoms with Crippen molar-refractivity contribution in [3.05, 3.63) is 48.5 Å². The SMILES string of the molecule is O=C(NCC1CCCO1)Nc1ccc(-c2nc3ccccc3s2)cc1. The number of urea groups is 1. The zero-order valence-electron chi connectivity index (χ0n) is 13.7. The Morgan fingerprint density at radius 3 is 2.80 bits per heavy atom. The minimum absolute atomic E-state index is 0.146. The minimum Gasteiger partial charge on any atom is -0.376 e. The fourth-order valence-electron chi connectivity index (χ4n) is 2.88. The second kappa shape index (κ2) is 7.21. The average molecular weight is 353 g/mol. The Bertz CT molecular complexity index is 837. The van der Waals surface area contributed by atoms with Gasteiger partial charge in [0.2, 0.25) is 0 Å². The number of nitrogens with one attached hydrogen (secondary N) is 2. The Morgan fingerprint density at radius 1 is 1.20 bits per heavy atom. The molecular weight excluding hydrogens is 334 g/mol. The van der Waals surface area contributed by atoms with Crippen LogP contribution in [0.15, 0.2) is 48.5 Å². The van der Waals surface area contributed by atoms with Crippen LogP contribution < -0.4 is 10.6 Å². The third-order valence-electron chi connectivity index (χ3n) is 4.20. The highest BCUT2D eigenvalue weighted by atomic mass is 32.1. The van der Waals surface area contributed by atoms with E-state index in [9.17, 15) is 4.79 Å². The molecule has 0 aliphatic carbocycles. The molecule has 1 atom stereocenters. The van der Waals surface area contributed by atoms with Gasteiger partial charge in [0.1, 0.15) is 5.01 Å². The van der Waals surface area contributed by atoms with E-state index in [2.05, 4.69) is 21.7 Å². The number of hydrogen-bond acceptors (Lipinski definition) is 4. The highest BCUT2D eigenvalue weighted by molar-refractivity contribution is 7.21. The quantitative estimate of drug-likeness (QED) is 0.736. The molecule has 1 saturated heterocycles. The van der Waals surface area contributed by atoms with E-state index in [1.807, 2.05) is 42.5 Å². The lowest BCUT2D eigenvalue weighted by Crippen LogP contribution is -2.34. The molecule has 3 aromatic rings. The van der Waals surface area contributed by atoms with Crippen molar-refractivity contribution in [3.8, 4) is 10.6 Å². The molecular formula is C19H19N3O2S. The first kappa shape index (κ1) is 16.1. The molecule has 25 heavy (non-hydrogen) atoms. The maximum absolute atomic E-state index is 12.0. The smallest absolute Gasteiger partial charge is 0.319 e. The van der Waals surface area contributed by atoms with Gasteiger partial charge in [-0.3, -0.25) is 0 Å². The van der Waals surface area contributed by atoms with Crippen molar-refractivity contribution in [2.45, 2.75) is 18.9 Å². The molecule has 2 amide bonds. The van der Waals surface area contributed by atoms with Gasteiger partial charge in [-0.25, -0.2) is 9.78 Å². The van der Waals surface area contributed by atoms with Crippen LogP contribution in [-0.2, 0) is 4.74 Å². The third-order valence-corrected chi connectivity index (χ3v) is 5.28. The third kappa shape index (κ3) is 3.81. The maximum atomic E-state index is 12.0. The van der Waals surface area contributed by atoms with Gasteiger partial charge in [0.15, 0.2) is 0 Å². The summed E-state index contributed by atoms with van der Waals surface area (Å²) in [7, 11) is 0. The van der Waals surface area contributed by atoms with Crippen LogP contribution in [0.1, 0.15) is 12.8 Å². The van der Waals surface area contributed by atoms with Crippen LogP contribution in [0.4, 0.5) is 10.5 Å². The fraction of sp³-hybridized carbons (Fsp3) is 0.263. The van der Waals surface area contributed by atoms with Gasteiger partial charge >= 0.3 is 6.03 Å². The van der Waals surface area contributed by atoms with Crippen molar-refractivity contribution in [1.82, 2.24) is 10.3 Å². The molecule has 128 valence electrons. The van der Waals surface area contributed by atoms with E-state index in [4.69, 9.17) is 4.74 Å². The molecule has 1 aliphatic rings. The lowest BCUT2D eigenvalue weighted by atomic mass is 10.2. The summed E-state index contributed by atoms with van der Waals surface area (Å²) >= 11 is 1.67. The Balaban J connectivity index is 1.38. The van der Waals surface area contributed by atoms with Crippen molar-refractivity contribution in [2.75, 3.05) is 18.5 Å². The van der Waals surface area contributed by atoms with Crippen molar-refractivity contribution in [2.24, 2.45) is 0 Å². The number of anilines is 1. The van der Waals surface area contributed by atoms with Crippen LogP contribution in [0.3, 0.4) is 0 Å². The molecule has 1 fully saturated rings. The second-order valence-electron chi connectivity index (χ2n) is 6.03. The summed E-state index contributed by atoms with van der Waals surface area (Å²) in [6.45, 7) is 1.34. The summed E-state index contributed by atoms with van der Waals surface area (Å²) in [6, 6.07) is 15.7. The highest BCUT2D eigenvalue weighted by Crippen LogP contribution is 2.30. The van der Waals surface area contributed by atoms with Gasteiger partial charge in [0, 0.05) is 24.4 Å². The molecule has 2 heterocycles. The summed E-state index contributed by atoms with van der Waals surface area (Å²) in [5, 5.41) is 6.68. The van der Waals surface area contributed by atoms with E-state index in [0.717, 1.165) is 41.2 Å². The number of aromatic nitrogens is 1. The van der Waals surface area contributed by atoms with Crippen molar-refractivity contribution in [1.29, 1.82) is 0 Å². The summed E-state index contributed by atoms with van der Waals surface area (Å²) in [6.07, 6.45) is 2.23. The Hall–Kier alpha value is -2.44. The van der Waals surface area contributed by atoms with Gasteiger partial charge < -0.3 is 15.4 Å². The molecule has 0 radical (unpaired) electrons. The number of carbonyl (C=O) groups excluding carboxylic acids is 1. The summed E-state index contributed by atoms with van der Waals surface area (Å²) in [5.74, 6) is 0. The zero-order chi connectivity index (χ0) is 17.1. The first-order valence-corrected chi connectivity index (χ1v) is 9.22. The zero-order valence-corrected chi connectivity index (χ0v) is 14.5. The van der Waals surface area contributed by atoms with Crippen molar-refractivity contribution in [3.63, 3.8) is 0 Å². The van der Waals surface area contributed by atoms with Crippen molar-refractivity contribution < 1.29 is 9.53 Å². The van der Waals surface area contributed by atoms with Crippen LogP contribution in [0.25, 0.3) is 20.8 Å². The van der Waals surface area contributed by atoms with E-state index >= 15 is 0 Å². The molecule has 5 nitrogen and oxygen atoms in total. The largest absolute Gasteiger partial charge is 0.376 e. The van der Waals surface area contributed by atoms with E-state index < -0.39 is 0 Å². The number of thiazole rings is 1. The topological polar surface area (TPSA) is 63.2 Å². The van der Waals surface area contributed by atoms with Crippen molar-refractivity contribution >= 4 is 33.3 Å². The molecule has 0 bridgehead atoms. The predicted molar refractivity (Wildman–Crippen MR) is 101 cm³/mol. The number of benzene rings is 2. The molecule has 1 unspecified atom stereocenters. The van der Waals surface area contributed by atoms with Gasteiger partial charge in [0.25, 0.3) is 0 Å². The van der Waals surface area contributed by atoms with Crippen LogP contribution in [0, 0.1) is 0 Å². The molecule has 4 rings (SSSR count). The molecule has 1 aromatic heterocycles. The number of carbonyl (C=O) groups is 1. The van der Waals surface area contributed by atoms with Crippen LogP contribution in [0.5, 0.6) is 0 Å². The first-order chi connectivity index (χ1) is 12.3. The minimum atomic E-state index is -0.205. The highest BCUT2D eigenvalue weighted by Gasteiger charge is 2.16. The standard InChI is InChI=1S/C19H19N3O2S/c23-19(20-12-15-4-3-11-24-15)21-14-9-7-13(8-10-14)18-22-16-5-1-2-6-17(16)25-18/h1-2,5-10,15H,3-4,11-12H2,(H2,20,21,23). The molecule has 2 aromatic carbocycles. The number of para-hydroxylation sites is 1. The normalized spacial score (nSPS) is 16.9. The van der Waals surface area contributed by atoms with Gasteiger partial charge in [0.05, 0.1) is 16.3 Å². The van der Waals surface area contributed by atoms with Gasteiger partial charge in [-0.1, -0.05) is 12.1 Å². The number of nitrogens with zero attached hydrogens (tertiary/aromatic N) is 1. The fourth-order valence-corrected chi connectivity index (χ4v) is 3.85. The van der Waals surface area contributed by atoms with Crippen LogP contribution in [0.2, 0.25) is 0 Å². The Morgan fingerprint density at radius 2 is 2.04 bits per heavy atom. The number of fused-ring (bicyclic) bond motifs is 1. The van der Waals surface area contributed by atoms with Gasteiger partial charge in [-0.05, 0) is 49.2 Å². The number of hydrogen-bond donors (Lipinski definition) is 2. The Kier molecular flexibility index (Phi) is 4.63. The molecule has 1 aliphatic heterocycles. The summed E-state index contributed by atoms with van der Waals surface area (Å²) < 4.78 is 6.67. The summed E-state index contributed by atoms with van der Waals surface area (Å²) in [4.78, 5) is 16.6. The lowest BCUT2D eigenvalue weighted by molar-refractivity contribution is 0.112. The number of amides is 2. The summed E-state index contributed by atoms with van der Waals surface area (Å²) in [5.41, 5.74) is 2.82. The van der Waals surface area contributed by atoms with Crippen LogP contribution >= 0.6 is 11.3 Å². The molecule has 0 spiro atoms. The molecule has 2 N–H and O–H groups in total. The number of rotatable bonds is 4. The average Bonchev–Trinajstić information content (AvgIpc) is 3.30. The van der Waals surface area contributed by atoms with Crippen LogP contribution in [-0.4, -0.2) is 30.3 Å². The number of ether oxygens (including phenoxy) is 1. The predicted octanol–water partition coefficient (Wildman–Crippen LogP) is 4.26. The van der Waals surface area contributed by atoms with E-state index in [0.29, 0.717) is 6.54 Å². The Labute approximate surface area is 150 Å². The second-order valence-corrected chi connectivity index (χ2v) is 7.06. The lowest BCUT2D eigenvalue weighted by Gasteiger charge is -2.11. The first-order valence-electron chi connectivity index (χ1n) is 8.40. The maximum Gasteiger partial charge on any atom is 0.319 e. The molecule has 6 heteroatoms.